The van der Waals surface area contributed by atoms with Crippen molar-refractivity contribution in [1.82, 2.24) is 0 Å². The molecule has 1 amide bonds. The van der Waals surface area contributed by atoms with Crippen LogP contribution in [0.3, 0.4) is 0 Å². The van der Waals surface area contributed by atoms with Gasteiger partial charge in [-0.05, 0) is 80.6 Å². The highest BCUT2D eigenvalue weighted by molar-refractivity contribution is 7.10. The molecule has 0 bridgehead atoms. The molecule has 1 aliphatic heterocycles. The standard InChI is InChI=1S/C26H25NO4S/c1-15(2)31-20-11-10-18(14-17(20)4)23(28)21-22(25-16(3)12-13-32-25)27(26(30)24(21)29)19-8-6-5-7-9-19/h5-15,22,28H,1-4H3/b23-21-. The SMILES string of the molecule is Cc1cc(/C(O)=C2/C(=O)C(=O)N(c3ccccc3)C2c2sccc2C)ccc1OC(C)C. The van der Waals surface area contributed by atoms with Crippen molar-refractivity contribution in [2.24, 2.45) is 0 Å². The van der Waals surface area contributed by atoms with E-state index < -0.39 is 17.7 Å². The first-order valence-electron chi connectivity index (χ1n) is 10.5. The van der Waals surface area contributed by atoms with Crippen LogP contribution in [0.25, 0.3) is 5.76 Å². The second-order valence-corrected chi connectivity index (χ2v) is 9.07. The van der Waals surface area contributed by atoms with E-state index in [1.54, 1.807) is 30.3 Å². The van der Waals surface area contributed by atoms with E-state index in [0.29, 0.717) is 17.0 Å². The number of carbonyl (C=O) groups is 2. The van der Waals surface area contributed by atoms with Gasteiger partial charge in [-0.2, -0.15) is 0 Å². The Kier molecular flexibility index (Phi) is 5.89. The molecule has 3 aromatic rings. The predicted molar refractivity (Wildman–Crippen MR) is 127 cm³/mol. The lowest BCUT2D eigenvalue weighted by atomic mass is 9.97. The molecule has 1 aliphatic rings. The first kappa shape index (κ1) is 21.8. The molecular weight excluding hydrogens is 422 g/mol. The molecule has 32 heavy (non-hydrogen) atoms. The van der Waals surface area contributed by atoms with E-state index in [0.717, 1.165) is 16.0 Å². The van der Waals surface area contributed by atoms with Gasteiger partial charge in [0.2, 0.25) is 0 Å². The molecule has 0 saturated carbocycles. The number of hydrogen-bond donors (Lipinski definition) is 1. The van der Waals surface area contributed by atoms with Gasteiger partial charge in [0, 0.05) is 16.1 Å². The number of thiophene rings is 1. The van der Waals surface area contributed by atoms with Crippen molar-refractivity contribution in [3.8, 4) is 5.75 Å². The first-order chi connectivity index (χ1) is 15.3. The Morgan fingerprint density at radius 1 is 1.03 bits per heavy atom. The van der Waals surface area contributed by atoms with Gasteiger partial charge >= 0.3 is 0 Å². The van der Waals surface area contributed by atoms with Gasteiger partial charge in [-0.15, -0.1) is 11.3 Å². The van der Waals surface area contributed by atoms with Crippen LogP contribution < -0.4 is 9.64 Å². The Morgan fingerprint density at radius 2 is 1.75 bits per heavy atom. The van der Waals surface area contributed by atoms with E-state index >= 15 is 0 Å². The number of aliphatic hydroxyl groups excluding tert-OH is 1. The number of anilines is 1. The lowest BCUT2D eigenvalue weighted by Gasteiger charge is -2.25. The molecule has 1 saturated heterocycles. The summed E-state index contributed by atoms with van der Waals surface area (Å²) in [5, 5.41) is 13.2. The molecule has 1 N–H and O–H groups in total. The Bertz CT molecular complexity index is 1210. The van der Waals surface area contributed by atoms with E-state index in [1.807, 2.05) is 57.3 Å². The average Bonchev–Trinajstić information content (AvgIpc) is 3.30. The number of aryl methyl sites for hydroxylation is 2. The summed E-state index contributed by atoms with van der Waals surface area (Å²) >= 11 is 1.47. The van der Waals surface area contributed by atoms with Crippen molar-refractivity contribution in [2.45, 2.75) is 39.8 Å². The van der Waals surface area contributed by atoms with Crippen molar-refractivity contribution >= 4 is 34.5 Å². The van der Waals surface area contributed by atoms with Crippen LogP contribution in [0.5, 0.6) is 5.75 Å². The molecule has 1 aromatic heterocycles. The van der Waals surface area contributed by atoms with Gasteiger partial charge in [-0.3, -0.25) is 14.5 Å². The number of para-hydroxylation sites is 1. The normalized spacial score (nSPS) is 17.9. The Morgan fingerprint density at radius 3 is 2.34 bits per heavy atom. The smallest absolute Gasteiger partial charge is 0.300 e. The van der Waals surface area contributed by atoms with Crippen LogP contribution in [0.4, 0.5) is 5.69 Å². The van der Waals surface area contributed by atoms with Crippen LogP contribution in [0.15, 0.2) is 65.6 Å². The van der Waals surface area contributed by atoms with Gasteiger partial charge in [0.15, 0.2) is 0 Å². The third-order valence-electron chi connectivity index (χ3n) is 5.44. The second kappa shape index (κ2) is 8.63. The summed E-state index contributed by atoms with van der Waals surface area (Å²) in [5.74, 6) is -0.804. The van der Waals surface area contributed by atoms with Crippen LogP contribution in [-0.2, 0) is 9.59 Å². The van der Waals surface area contributed by atoms with Crippen molar-refractivity contribution in [2.75, 3.05) is 4.90 Å². The predicted octanol–water partition coefficient (Wildman–Crippen LogP) is 5.78. The van der Waals surface area contributed by atoms with E-state index in [9.17, 15) is 14.7 Å². The number of ketones is 1. The summed E-state index contributed by atoms with van der Waals surface area (Å²) in [6.45, 7) is 7.72. The third kappa shape index (κ3) is 3.82. The fourth-order valence-electron chi connectivity index (χ4n) is 3.94. The van der Waals surface area contributed by atoms with Gasteiger partial charge in [0.05, 0.1) is 11.7 Å². The first-order valence-corrected chi connectivity index (χ1v) is 11.3. The zero-order valence-corrected chi connectivity index (χ0v) is 19.3. The van der Waals surface area contributed by atoms with Gasteiger partial charge in [-0.1, -0.05) is 18.2 Å². The maximum absolute atomic E-state index is 13.2. The third-order valence-corrected chi connectivity index (χ3v) is 6.51. The van der Waals surface area contributed by atoms with Gasteiger partial charge < -0.3 is 9.84 Å². The average molecular weight is 448 g/mol. The summed E-state index contributed by atoms with van der Waals surface area (Å²) in [5.41, 5.74) is 2.99. The van der Waals surface area contributed by atoms with E-state index in [4.69, 9.17) is 4.74 Å². The molecule has 1 atom stereocenters. The minimum atomic E-state index is -0.690. The molecule has 2 aromatic carbocycles. The van der Waals surface area contributed by atoms with Crippen LogP contribution in [0.1, 0.15) is 41.5 Å². The minimum absolute atomic E-state index is 0.0196. The quantitative estimate of drug-likeness (QED) is 0.306. The molecule has 0 radical (unpaired) electrons. The van der Waals surface area contributed by atoms with Crippen molar-refractivity contribution in [3.63, 3.8) is 0 Å². The molecule has 164 valence electrons. The molecule has 1 unspecified atom stereocenters. The molecule has 0 aliphatic carbocycles. The number of aliphatic hydroxyl groups is 1. The summed E-state index contributed by atoms with van der Waals surface area (Å²) in [4.78, 5) is 28.7. The number of nitrogens with zero attached hydrogens (tertiary/aromatic N) is 1. The number of Topliss-reactive ketones (excluding diaryl/α,β-unsaturated/α-hetero) is 1. The number of rotatable bonds is 5. The number of amides is 1. The van der Waals surface area contributed by atoms with E-state index in [-0.39, 0.29) is 17.4 Å². The molecule has 5 nitrogen and oxygen atoms in total. The molecule has 0 spiro atoms. The zero-order valence-electron chi connectivity index (χ0n) is 18.5. The summed E-state index contributed by atoms with van der Waals surface area (Å²) in [6.07, 6.45) is 0.0196. The second-order valence-electron chi connectivity index (χ2n) is 8.12. The summed E-state index contributed by atoms with van der Waals surface area (Å²) in [6, 6.07) is 15.6. The fraction of sp³-hybridized carbons (Fsp3) is 0.231. The minimum Gasteiger partial charge on any atom is -0.507 e. The Balaban J connectivity index is 1.88. The highest BCUT2D eigenvalue weighted by Gasteiger charge is 2.47. The van der Waals surface area contributed by atoms with Crippen molar-refractivity contribution < 1.29 is 19.4 Å². The van der Waals surface area contributed by atoms with Gasteiger partial charge in [-0.25, -0.2) is 0 Å². The van der Waals surface area contributed by atoms with Gasteiger partial charge in [0.1, 0.15) is 17.6 Å². The summed E-state index contributed by atoms with van der Waals surface area (Å²) < 4.78 is 5.79. The topological polar surface area (TPSA) is 66.8 Å². The van der Waals surface area contributed by atoms with E-state index in [1.165, 1.54) is 16.2 Å². The zero-order chi connectivity index (χ0) is 23.0. The monoisotopic (exact) mass is 447 g/mol. The van der Waals surface area contributed by atoms with Crippen LogP contribution in [0, 0.1) is 13.8 Å². The largest absolute Gasteiger partial charge is 0.507 e. The number of hydrogen-bond acceptors (Lipinski definition) is 5. The lowest BCUT2D eigenvalue weighted by molar-refractivity contribution is -0.132. The van der Waals surface area contributed by atoms with Crippen molar-refractivity contribution in [3.05, 3.63) is 87.1 Å². The highest BCUT2D eigenvalue weighted by atomic mass is 32.1. The maximum atomic E-state index is 13.2. The molecular formula is C26H25NO4S. The number of carbonyl (C=O) groups excluding carboxylic acids is 2. The molecule has 1 fully saturated rings. The summed E-state index contributed by atoms with van der Waals surface area (Å²) in [7, 11) is 0. The molecule has 6 heteroatoms. The Labute approximate surface area is 191 Å². The van der Waals surface area contributed by atoms with Crippen LogP contribution in [-0.4, -0.2) is 22.9 Å². The lowest BCUT2D eigenvalue weighted by Crippen LogP contribution is -2.29. The van der Waals surface area contributed by atoms with E-state index in [2.05, 4.69) is 0 Å². The van der Waals surface area contributed by atoms with Crippen molar-refractivity contribution in [1.29, 1.82) is 0 Å². The van der Waals surface area contributed by atoms with Crippen LogP contribution >= 0.6 is 11.3 Å². The van der Waals surface area contributed by atoms with Gasteiger partial charge in [0.25, 0.3) is 11.7 Å². The fourth-order valence-corrected chi connectivity index (χ4v) is 4.96. The highest BCUT2D eigenvalue weighted by Crippen LogP contribution is 2.44. The maximum Gasteiger partial charge on any atom is 0.300 e. The number of benzene rings is 2. The Hall–Kier alpha value is -3.38. The van der Waals surface area contributed by atoms with Crippen LogP contribution in [0.2, 0.25) is 0 Å². The molecule has 4 rings (SSSR count). The number of ether oxygens (including phenoxy) is 1. The molecule has 2 heterocycles.